The van der Waals surface area contributed by atoms with Gasteiger partial charge in [0.25, 0.3) is 0 Å². The molecule has 1 aromatic carbocycles. The van der Waals surface area contributed by atoms with Gasteiger partial charge >= 0.3 is 5.97 Å². The number of benzene rings is 1. The quantitative estimate of drug-likeness (QED) is 0.774. The molecule has 1 aromatic rings. The Morgan fingerprint density at radius 1 is 1.30 bits per heavy atom. The molecule has 0 heterocycles. The molecule has 0 saturated carbocycles. The van der Waals surface area contributed by atoms with Gasteiger partial charge in [-0.3, -0.25) is 4.79 Å². The van der Waals surface area contributed by atoms with Gasteiger partial charge in [0.2, 0.25) is 5.91 Å². The highest BCUT2D eigenvalue weighted by Gasteiger charge is 2.22. The van der Waals surface area contributed by atoms with Crippen LogP contribution in [-0.4, -0.2) is 28.3 Å². The number of hydrogen-bond donors (Lipinski definition) is 2. The normalized spacial score (nSPS) is 13.5. The van der Waals surface area contributed by atoms with Crippen molar-refractivity contribution in [2.24, 2.45) is 0 Å². The van der Waals surface area contributed by atoms with Crippen LogP contribution in [0.15, 0.2) is 30.3 Å². The summed E-state index contributed by atoms with van der Waals surface area (Å²) in [6, 6.07) is 9.10. The number of thioether (sulfide) groups is 1. The molecule has 5 heteroatoms. The summed E-state index contributed by atoms with van der Waals surface area (Å²) in [6.45, 7) is 3.70. The first-order valence-corrected chi connectivity index (χ1v) is 7.78. The van der Waals surface area contributed by atoms with Gasteiger partial charge in [0.15, 0.2) is 0 Å². The van der Waals surface area contributed by atoms with Crippen LogP contribution in [0, 0.1) is 0 Å². The van der Waals surface area contributed by atoms with Crippen molar-refractivity contribution < 1.29 is 14.7 Å². The van der Waals surface area contributed by atoms with Gasteiger partial charge in [-0.2, -0.15) is 0 Å². The molecule has 0 aliphatic heterocycles. The molecule has 2 unspecified atom stereocenters. The van der Waals surface area contributed by atoms with E-state index in [4.69, 9.17) is 5.11 Å². The first kappa shape index (κ1) is 16.6. The van der Waals surface area contributed by atoms with E-state index in [9.17, 15) is 9.59 Å². The summed E-state index contributed by atoms with van der Waals surface area (Å²) in [4.78, 5) is 23.0. The molecule has 0 bridgehead atoms. The Morgan fingerprint density at radius 3 is 2.50 bits per heavy atom. The van der Waals surface area contributed by atoms with E-state index in [0.717, 1.165) is 17.7 Å². The highest BCUT2D eigenvalue weighted by molar-refractivity contribution is 7.99. The number of carboxylic acid groups (broad SMARTS) is 1. The molecule has 0 aromatic heterocycles. The maximum atomic E-state index is 12.0. The standard InChI is InChI=1S/C15H21NO3S/c1-3-7-13(15(18)19)16-14(17)11(2)20-10-12-8-5-4-6-9-12/h4-6,8-9,11,13H,3,7,10H2,1-2H3,(H,16,17)(H,18,19). The average molecular weight is 295 g/mol. The molecule has 0 aliphatic carbocycles. The van der Waals surface area contributed by atoms with Crippen molar-refractivity contribution in [3.63, 3.8) is 0 Å². The third kappa shape index (κ3) is 5.65. The largest absolute Gasteiger partial charge is 0.480 e. The second kappa shape index (κ2) is 8.64. The molecule has 1 amide bonds. The van der Waals surface area contributed by atoms with Crippen molar-refractivity contribution in [3.05, 3.63) is 35.9 Å². The van der Waals surface area contributed by atoms with Crippen LogP contribution < -0.4 is 5.32 Å². The van der Waals surface area contributed by atoms with Gasteiger partial charge in [0.05, 0.1) is 5.25 Å². The Kier molecular flexibility index (Phi) is 7.15. The van der Waals surface area contributed by atoms with Gasteiger partial charge < -0.3 is 10.4 Å². The summed E-state index contributed by atoms with van der Waals surface area (Å²) in [5.74, 6) is -0.451. The zero-order chi connectivity index (χ0) is 15.0. The summed E-state index contributed by atoms with van der Waals surface area (Å²) < 4.78 is 0. The number of carbonyl (C=O) groups excluding carboxylic acids is 1. The van der Waals surface area contributed by atoms with E-state index >= 15 is 0 Å². The van der Waals surface area contributed by atoms with Crippen LogP contribution in [0.3, 0.4) is 0 Å². The third-order valence-electron chi connectivity index (χ3n) is 2.90. The third-order valence-corrected chi connectivity index (χ3v) is 4.12. The van der Waals surface area contributed by atoms with Crippen molar-refractivity contribution in [1.29, 1.82) is 0 Å². The molecule has 2 N–H and O–H groups in total. The molecule has 0 radical (unpaired) electrons. The fourth-order valence-corrected chi connectivity index (χ4v) is 2.56. The predicted octanol–water partition coefficient (Wildman–Crippen LogP) is 2.68. The number of amides is 1. The monoisotopic (exact) mass is 295 g/mol. The molecule has 20 heavy (non-hydrogen) atoms. The number of hydrogen-bond acceptors (Lipinski definition) is 3. The van der Waals surface area contributed by atoms with E-state index in [0.29, 0.717) is 6.42 Å². The number of rotatable bonds is 8. The van der Waals surface area contributed by atoms with Crippen LogP contribution in [0.5, 0.6) is 0 Å². The summed E-state index contributed by atoms with van der Waals surface area (Å²) >= 11 is 1.50. The molecule has 0 spiro atoms. The van der Waals surface area contributed by atoms with Crippen LogP contribution in [0.25, 0.3) is 0 Å². The maximum Gasteiger partial charge on any atom is 0.326 e. The molecular formula is C15H21NO3S. The van der Waals surface area contributed by atoms with E-state index in [1.54, 1.807) is 6.92 Å². The topological polar surface area (TPSA) is 66.4 Å². The zero-order valence-electron chi connectivity index (χ0n) is 11.8. The SMILES string of the molecule is CCCC(NC(=O)C(C)SCc1ccccc1)C(=O)O. The minimum atomic E-state index is -0.972. The van der Waals surface area contributed by atoms with Crippen LogP contribution in [0.1, 0.15) is 32.3 Å². The molecule has 110 valence electrons. The highest BCUT2D eigenvalue weighted by atomic mass is 32.2. The summed E-state index contributed by atoms with van der Waals surface area (Å²) in [5, 5.41) is 11.3. The van der Waals surface area contributed by atoms with Crippen molar-refractivity contribution in [3.8, 4) is 0 Å². The number of carboxylic acids is 1. The minimum Gasteiger partial charge on any atom is -0.480 e. The lowest BCUT2D eigenvalue weighted by atomic mass is 10.1. The van der Waals surface area contributed by atoms with Gasteiger partial charge in [-0.15, -0.1) is 11.8 Å². The first-order chi connectivity index (χ1) is 9.54. The van der Waals surface area contributed by atoms with Crippen LogP contribution in [0.4, 0.5) is 0 Å². The Morgan fingerprint density at radius 2 is 1.95 bits per heavy atom. The number of aliphatic carboxylic acids is 1. The van der Waals surface area contributed by atoms with Gasteiger partial charge in [-0.25, -0.2) is 4.79 Å². The van der Waals surface area contributed by atoms with Crippen LogP contribution >= 0.6 is 11.8 Å². The van der Waals surface area contributed by atoms with E-state index in [1.807, 2.05) is 37.3 Å². The minimum absolute atomic E-state index is 0.216. The second-order valence-corrected chi connectivity index (χ2v) is 5.96. The maximum absolute atomic E-state index is 12.0. The van der Waals surface area contributed by atoms with Gasteiger partial charge in [-0.1, -0.05) is 43.7 Å². The fourth-order valence-electron chi connectivity index (χ4n) is 1.71. The Balaban J connectivity index is 2.44. The molecule has 0 aliphatic rings. The van der Waals surface area contributed by atoms with Crippen LogP contribution in [0.2, 0.25) is 0 Å². The molecule has 4 nitrogen and oxygen atoms in total. The van der Waals surface area contributed by atoms with E-state index < -0.39 is 12.0 Å². The highest BCUT2D eigenvalue weighted by Crippen LogP contribution is 2.17. The Hall–Kier alpha value is -1.49. The van der Waals surface area contributed by atoms with Crippen molar-refractivity contribution >= 4 is 23.6 Å². The molecule has 0 fully saturated rings. The average Bonchev–Trinajstić information content (AvgIpc) is 2.45. The molecule has 0 saturated heterocycles. The van der Waals surface area contributed by atoms with Gasteiger partial charge in [0.1, 0.15) is 6.04 Å². The number of nitrogens with one attached hydrogen (secondary N) is 1. The second-order valence-electron chi connectivity index (χ2n) is 4.63. The van der Waals surface area contributed by atoms with Gasteiger partial charge in [0, 0.05) is 5.75 Å². The van der Waals surface area contributed by atoms with Crippen molar-refractivity contribution in [2.75, 3.05) is 0 Å². The summed E-state index contributed by atoms with van der Waals surface area (Å²) in [7, 11) is 0. The van der Waals surface area contributed by atoms with Gasteiger partial charge in [-0.05, 0) is 18.9 Å². The Bertz CT molecular complexity index is 436. The van der Waals surface area contributed by atoms with E-state index in [-0.39, 0.29) is 11.2 Å². The first-order valence-electron chi connectivity index (χ1n) is 6.73. The summed E-state index contributed by atoms with van der Waals surface area (Å²) in [6.07, 6.45) is 1.18. The lowest BCUT2D eigenvalue weighted by molar-refractivity contribution is -0.141. The van der Waals surface area contributed by atoms with E-state index in [2.05, 4.69) is 5.32 Å². The predicted molar refractivity (Wildman–Crippen MR) is 81.7 cm³/mol. The lowest BCUT2D eigenvalue weighted by Gasteiger charge is -2.17. The number of carbonyl (C=O) groups is 2. The molecule has 1 rings (SSSR count). The zero-order valence-corrected chi connectivity index (χ0v) is 12.7. The Labute approximate surface area is 124 Å². The smallest absolute Gasteiger partial charge is 0.326 e. The summed E-state index contributed by atoms with van der Waals surface area (Å²) in [5.41, 5.74) is 1.15. The molecular weight excluding hydrogens is 274 g/mol. The van der Waals surface area contributed by atoms with Crippen LogP contribution in [-0.2, 0) is 15.3 Å². The molecule has 2 atom stereocenters. The fraction of sp³-hybridized carbons (Fsp3) is 0.467. The van der Waals surface area contributed by atoms with Crippen molar-refractivity contribution in [1.82, 2.24) is 5.32 Å². The lowest BCUT2D eigenvalue weighted by Crippen LogP contribution is -2.43. The van der Waals surface area contributed by atoms with Crippen molar-refractivity contribution in [2.45, 2.75) is 43.7 Å². The van der Waals surface area contributed by atoms with E-state index in [1.165, 1.54) is 11.8 Å².